The molecule has 0 bridgehead atoms. The number of aryl methyl sites for hydroxylation is 4. The Bertz CT molecular complexity index is 7300. The minimum Gasteiger partial charge on any atom is -0.332 e. The van der Waals surface area contributed by atoms with Crippen molar-refractivity contribution in [1.82, 2.24) is 29.9 Å². The van der Waals surface area contributed by atoms with Gasteiger partial charge in [-0.1, -0.05) is 341 Å². The second-order valence-electron chi connectivity index (χ2n) is 34.5. The van der Waals surface area contributed by atoms with Crippen molar-refractivity contribution in [2.24, 2.45) is 0 Å². The van der Waals surface area contributed by atoms with Crippen LogP contribution in [0.15, 0.2) is 450 Å². The van der Waals surface area contributed by atoms with Crippen molar-refractivity contribution in [3.8, 4) is 234 Å². The van der Waals surface area contributed by atoms with Crippen LogP contribution >= 0.6 is 0 Å². The summed E-state index contributed by atoms with van der Waals surface area (Å²) < 4.78 is 0. The summed E-state index contributed by atoms with van der Waals surface area (Å²) in [5.41, 5.74) is 46.6. The molecule has 0 saturated carbocycles. The van der Waals surface area contributed by atoms with Crippen molar-refractivity contribution >= 4 is 0 Å². The van der Waals surface area contributed by atoms with Crippen molar-refractivity contribution in [3.63, 3.8) is 0 Å². The monoisotopic (exact) mass is 2120 g/mol. The summed E-state index contributed by atoms with van der Waals surface area (Å²) in [5, 5.41) is 0. The van der Waals surface area contributed by atoms with E-state index >= 15 is 0 Å². The van der Waals surface area contributed by atoms with Gasteiger partial charge in [0.15, 0.2) is 0 Å². The van der Waals surface area contributed by atoms with Gasteiger partial charge < -0.3 is 29.9 Å². The molecule has 6 nitrogen and oxygen atoms in total. The number of hydrogen-bond acceptors (Lipinski definition) is 6. The molecular weight excluding hydrogens is 2030 g/mol. The minimum atomic E-state index is 0. The fourth-order valence-electron chi connectivity index (χ4n) is 18.9. The van der Waals surface area contributed by atoms with E-state index in [0.717, 1.165) is 245 Å². The smallest absolute Gasteiger partial charge is 0.332 e. The summed E-state index contributed by atoms with van der Waals surface area (Å²) in [6.45, 7) is 8.59. The Morgan fingerprint density at radius 3 is 0.558 bits per heavy atom. The van der Waals surface area contributed by atoms with Gasteiger partial charge in [0.2, 0.25) is 0 Å². The summed E-state index contributed by atoms with van der Waals surface area (Å²) in [6.07, 6.45) is 11.8. The maximum absolute atomic E-state index is 5.15. The van der Waals surface area contributed by atoms with E-state index in [-0.39, 0.29) is 40.2 Å². The molecule has 0 aliphatic rings. The summed E-state index contributed by atoms with van der Waals surface area (Å²) >= 11 is 0. The Hall–Kier alpha value is -16.3. The van der Waals surface area contributed by atoms with Gasteiger partial charge in [-0.15, -0.1) is 119 Å². The van der Waals surface area contributed by atoms with Crippen molar-refractivity contribution in [2.75, 3.05) is 0 Å². The van der Waals surface area contributed by atoms with E-state index in [0.29, 0.717) is 11.4 Å². The van der Waals surface area contributed by atoms with Crippen LogP contribution in [0.3, 0.4) is 0 Å². The Morgan fingerprint density at radius 1 is 0.152 bits per heavy atom. The third-order valence-electron chi connectivity index (χ3n) is 25.9. The maximum atomic E-state index is 5.15. The van der Waals surface area contributed by atoms with E-state index in [4.69, 9.17) is 29.9 Å². The van der Waals surface area contributed by atoms with E-state index in [1.165, 1.54) is 0 Å². The van der Waals surface area contributed by atoms with Crippen LogP contribution in [0.2, 0.25) is 0 Å². The van der Waals surface area contributed by atoms with Crippen LogP contribution in [-0.4, -0.2) is 29.9 Å². The molecule has 0 radical (unpaired) electrons. The predicted molar refractivity (Wildman–Crippen MR) is 559 cm³/mol. The fraction of sp³-hybridized carbons (Fsp3) is 0.0308. The van der Waals surface area contributed by atoms with Gasteiger partial charge in [-0.05, 0) is 210 Å². The SMILES string of the molecule is Cc1cc(-c2[c-]cc(-c3ccccc3-c3cc(-c4ccccc4-c4c[c-]c(-c5ncc(-c6ccccc6-c6cc(-c7ccccc7-c7c[c-]c(-c8cc(C)c(-c9ccccc9)cn8)cc7)cc(-c7ccccc7-c7c[c-]c(-c8cc(C)c(-c9ccccc9)cn8)cc7)c6)cn5)[c-]c4)cc(-c4ccccc4-c4c[c-]c(-c5cc(C)c(-c6ccccc6)cn5)cc4)c3)cc2)ncc1-c1ccccc1.[Ir+3].[Ir+3]. The molecule has 0 fully saturated rings. The van der Waals surface area contributed by atoms with Crippen LogP contribution in [0.4, 0.5) is 0 Å². The third kappa shape index (κ3) is 18.5. The molecule has 0 saturated heterocycles. The van der Waals surface area contributed by atoms with Gasteiger partial charge in [-0.3, -0.25) is 12.1 Å². The Morgan fingerprint density at radius 2 is 0.348 bits per heavy atom. The van der Waals surface area contributed by atoms with Gasteiger partial charge in [0.1, 0.15) is 0 Å². The van der Waals surface area contributed by atoms with Crippen molar-refractivity contribution < 1.29 is 40.2 Å². The third-order valence-corrected chi connectivity index (χ3v) is 25.9. The zero-order valence-electron chi connectivity index (χ0n) is 76.1. The molecule has 0 atom stereocenters. The molecule has 0 amide bonds. The van der Waals surface area contributed by atoms with Crippen molar-refractivity contribution in [1.29, 1.82) is 0 Å². The predicted octanol–water partition coefficient (Wildman–Crippen LogP) is 33.1. The molecule has 22 aromatic rings. The van der Waals surface area contributed by atoms with Gasteiger partial charge >= 0.3 is 40.2 Å². The van der Waals surface area contributed by atoms with E-state index in [1.807, 2.05) is 73.6 Å². The van der Waals surface area contributed by atoms with Crippen LogP contribution < -0.4 is 0 Å². The number of pyridine rings is 4. The Kier molecular flexibility index (Phi) is 26.0. The zero-order chi connectivity index (χ0) is 91.4. The summed E-state index contributed by atoms with van der Waals surface area (Å²) in [4.78, 5) is 30.2. The summed E-state index contributed by atoms with van der Waals surface area (Å²) in [6, 6.07) is 168. The standard InChI is InChI=1S/C130H86N6.2Ir/c1-85-69-126(131-81-122(85)89-29-9-5-10-30-89)98-59-49-93(50-60-98)110-37-17-22-42-115(110)103-73-104(116-43-23-18-38-111(116)94-51-61-99(62-52-94)127-70-86(2)123(82-132-127)90-31-11-6-12-32-90)75-105(74-103)119-46-26-21-41-114(119)97-57-67-102(68-58-97)130-135-79-109(80-136-130)121-48-28-27-47-120(121)108-77-106(117-44-24-19-39-112(117)95-53-63-100(64-54-95)128-71-87(3)124(83-133-128)91-33-13-7-14-34-91)76-107(78-108)118-45-25-20-40-113(118)96-55-65-101(66-56-96)129-72-88(4)125(84-134-129)92-35-15-8-16-36-92;;/h5-59,61,63,65,69-84H,1-4H3;;/q-6;2*+3. The quantitative estimate of drug-likeness (QED) is 0.0667. The van der Waals surface area contributed by atoms with E-state index in [9.17, 15) is 0 Å². The first-order valence-corrected chi connectivity index (χ1v) is 45.9. The van der Waals surface area contributed by atoms with E-state index < -0.39 is 0 Å². The topological polar surface area (TPSA) is 77.3 Å². The zero-order valence-corrected chi connectivity index (χ0v) is 80.9. The normalized spacial score (nSPS) is 11.1. The molecule has 654 valence electrons. The minimum absolute atomic E-state index is 0. The van der Waals surface area contributed by atoms with Crippen LogP contribution in [0.5, 0.6) is 0 Å². The van der Waals surface area contributed by atoms with Gasteiger partial charge in [-0.25, -0.2) is 17.7 Å². The van der Waals surface area contributed by atoms with Crippen LogP contribution in [0, 0.1) is 64.1 Å². The number of nitrogens with zero attached hydrogens (tertiary/aromatic N) is 6. The molecule has 17 aromatic carbocycles. The van der Waals surface area contributed by atoms with Crippen molar-refractivity contribution in [3.05, 3.63) is 508 Å². The van der Waals surface area contributed by atoms with E-state index in [2.05, 4.69) is 440 Å². The van der Waals surface area contributed by atoms with Gasteiger partial charge in [0.05, 0.1) is 0 Å². The molecule has 22 rings (SSSR count). The molecule has 0 aliphatic carbocycles. The molecule has 5 aromatic heterocycles. The molecule has 0 spiro atoms. The molecule has 0 aliphatic heterocycles. The number of rotatable bonds is 21. The van der Waals surface area contributed by atoms with Gasteiger partial charge in [-0.2, -0.15) is 5.56 Å². The average molecular weight is 2120 g/mol. The molecule has 0 N–H and O–H groups in total. The largest absolute Gasteiger partial charge is 3.00 e. The first-order valence-electron chi connectivity index (χ1n) is 45.9. The molecule has 8 heteroatoms. The second kappa shape index (κ2) is 40.1. The van der Waals surface area contributed by atoms with Gasteiger partial charge in [0.25, 0.3) is 0 Å². The maximum Gasteiger partial charge on any atom is 3.00 e. The van der Waals surface area contributed by atoms with Crippen molar-refractivity contribution in [2.45, 2.75) is 27.7 Å². The van der Waals surface area contributed by atoms with E-state index in [1.54, 1.807) is 0 Å². The average Bonchev–Trinajstić information content (AvgIpc) is 0.766. The van der Waals surface area contributed by atoms with Crippen LogP contribution in [0.1, 0.15) is 22.3 Å². The van der Waals surface area contributed by atoms with Crippen LogP contribution in [0.25, 0.3) is 234 Å². The summed E-state index contributed by atoms with van der Waals surface area (Å²) in [7, 11) is 0. The number of hydrogen-bond donors (Lipinski definition) is 0. The van der Waals surface area contributed by atoms with Crippen LogP contribution in [-0.2, 0) is 40.2 Å². The molecular formula is C130H86Ir2N6. The first-order chi connectivity index (χ1) is 67.0. The molecule has 5 heterocycles. The fourth-order valence-corrected chi connectivity index (χ4v) is 18.9. The Labute approximate surface area is 833 Å². The first kappa shape index (κ1) is 89.6. The number of benzene rings is 17. The molecule has 138 heavy (non-hydrogen) atoms. The van der Waals surface area contributed by atoms with Gasteiger partial charge in [0, 0.05) is 65.0 Å². The Balaban J connectivity index is 0.00000587. The summed E-state index contributed by atoms with van der Waals surface area (Å²) in [5.74, 6) is 0.511. The number of aromatic nitrogens is 6. The molecule has 0 unspecified atom stereocenters. The second-order valence-corrected chi connectivity index (χ2v) is 34.5.